The first-order valence-electron chi connectivity index (χ1n) is 4.68. The summed E-state index contributed by atoms with van der Waals surface area (Å²) < 4.78 is 0. The van der Waals surface area contributed by atoms with Crippen molar-refractivity contribution in [3.05, 3.63) is 24.3 Å². The van der Waals surface area contributed by atoms with Gasteiger partial charge in [0.1, 0.15) is 0 Å². The maximum atomic E-state index is 11.2. The summed E-state index contributed by atoms with van der Waals surface area (Å²) in [4.78, 5) is 11.2. The highest BCUT2D eigenvalue weighted by atomic mass is 16.1. The maximum absolute atomic E-state index is 11.2. The highest BCUT2D eigenvalue weighted by Crippen LogP contribution is 2.40. The summed E-state index contributed by atoms with van der Waals surface area (Å²) in [7, 11) is 0. The molecule has 1 atom stereocenters. The van der Waals surface area contributed by atoms with Crippen LogP contribution in [0.25, 0.3) is 0 Å². The molecule has 0 aliphatic heterocycles. The zero-order chi connectivity index (χ0) is 8.44. The van der Waals surface area contributed by atoms with Crippen molar-refractivity contribution < 1.29 is 4.79 Å². The van der Waals surface area contributed by atoms with Gasteiger partial charge in [-0.2, -0.15) is 0 Å². The van der Waals surface area contributed by atoms with Crippen LogP contribution < -0.4 is 0 Å². The van der Waals surface area contributed by atoms with E-state index in [1.807, 2.05) is 6.08 Å². The zero-order valence-corrected chi connectivity index (χ0v) is 7.25. The van der Waals surface area contributed by atoms with Crippen LogP contribution in [0.5, 0.6) is 0 Å². The van der Waals surface area contributed by atoms with Crippen LogP contribution in [0.2, 0.25) is 0 Å². The van der Waals surface area contributed by atoms with Gasteiger partial charge < -0.3 is 0 Å². The van der Waals surface area contributed by atoms with Gasteiger partial charge >= 0.3 is 0 Å². The molecule has 1 heteroatoms. The quantitative estimate of drug-likeness (QED) is 0.500. The first-order valence-corrected chi connectivity index (χ1v) is 4.68. The summed E-state index contributed by atoms with van der Waals surface area (Å²) >= 11 is 0. The molecule has 0 radical (unpaired) electrons. The first kappa shape index (κ1) is 7.78. The molecule has 0 heterocycles. The number of rotatable bonds is 0. The van der Waals surface area contributed by atoms with Crippen LogP contribution in [-0.2, 0) is 4.79 Å². The number of carbonyl (C=O) groups is 1. The van der Waals surface area contributed by atoms with Gasteiger partial charge in [-0.25, -0.2) is 0 Å². The molecule has 0 saturated heterocycles. The third-order valence-corrected chi connectivity index (χ3v) is 2.87. The van der Waals surface area contributed by atoms with Crippen molar-refractivity contribution in [1.29, 1.82) is 0 Å². The molecule has 64 valence electrons. The average Bonchev–Trinajstić information content (AvgIpc) is 2.05. The van der Waals surface area contributed by atoms with E-state index in [0.717, 1.165) is 12.8 Å². The van der Waals surface area contributed by atoms with Gasteiger partial charge in [0.15, 0.2) is 5.78 Å². The lowest BCUT2D eigenvalue weighted by Gasteiger charge is -2.33. The molecule has 0 bridgehead atoms. The van der Waals surface area contributed by atoms with Crippen LogP contribution in [0.15, 0.2) is 24.3 Å². The standard InChI is InChI=1S/C11H14O/c12-10-5-4-8-11(9-10)6-2-1-3-7-11/h2,4-6H,1,3,7-9H2. The fraction of sp³-hybridized carbons (Fsp3) is 0.545. The van der Waals surface area contributed by atoms with Crippen molar-refractivity contribution in [3.63, 3.8) is 0 Å². The second-order valence-corrected chi connectivity index (χ2v) is 3.91. The normalized spacial score (nSPS) is 34.5. The van der Waals surface area contributed by atoms with E-state index in [1.54, 1.807) is 6.08 Å². The Morgan fingerprint density at radius 3 is 2.92 bits per heavy atom. The van der Waals surface area contributed by atoms with Gasteiger partial charge in [0.2, 0.25) is 0 Å². The van der Waals surface area contributed by atoms with Gasteiger partial charge in [0.25, 0.3) is 0 Å². The van der Waals surface area contributed by atoms with Gasteiger partial charge in [-0.05, 0) is 37.2 Å². The molecule has 0 aromatic rings. The van der Waals surface area contributed by atoms with Crippen molar-refractivity contribution in [2.75, 3.05) is 0 Å². The van der Waals surface area contributed by atoms with Gasteiger partial charge in [-0.3, -0.25) is 4.79 Å². The van der Waals surface area contributed by atoms with E-state index >= 15 is 0 Å². The molecule has 2 aliphatic rings. The van der Waals surface area contributed by atoms with Crippen molar-refractivity contribution in [1.82, 2.24) is 0 Å². The fourth-order valence-corrected chi connectivity index (χ4v) is 2.21. The first-order chi connectivity index (χ1) is 5.81. The molecule has 0 fully saturated rings. The Bertz CT molecular complexity index is 250. The molecular formula is C11H14O. The number of hydrogen-bond donors (Lipinski definition) is 0. The van der Waals surface area contributed by atoms with Crippen molar-refractivity contribution >= 4 is 5.78 Å². The Hall–Kier alpha value is -0.850. The Balaban J connectivity index is 2.20. The van der Waals surface area contributed by atoms with E-state index in [0.29, 0.717) is 5.78 Å². The van der Waals surface area contributed by atoms with Crippen LogP contribution >= 0.6 is 0 Å². The highest BCUT2D eigenvalue weighted by molar-refractivity contribution is 5.91. The molecule has 12 heavy (non-hydrogen) atoms. The van der Waals surface area contributed by atoms with Crippen LogP contribution in [-0.4, -0.2) is 5.78 Å². The monoisotopic (exact) mass is 162 g/mol. The molecule has 2 rings (SSSR count). The summed E-state index contributed by atoms with van der Waals surface area (Å²) in [5.41, 5.74) is 0.212. The van der Waals surface area contributed by atoms with Gasteiger partial charge in [-0.1, -0.05) is 18.2 Å². The van der Waals surface area contributed by atoms with Crippen LogP contribution in [0.1, 0.15) is 32.1 Å². The van der Waals surface area contributed by atoms with E-state index in [1.165, 1.54) is 19.3 Å². The molecule has 0 amide bonds. The van der Waals surface area contributed by atoms with Crippen LogP contribution in [0.4, 0.5) is 0 Å². The molecule has 1 unspecified atom stereocenters. The number of ketones is 1. The SMILES string of the molecule is O=C1C=CCC2(C=CCCC2)C1. The molecule has 0 aromatic heterocycles. The van der Waals surface area contributed by atoms with Gasteiger partial charge in [0, 0.05) is 6.42 Å². The van der Waals surface area contributed by atoms with Crippen LogP contribution in [0, 0.1) is 5.41 Å². The minimum absolute atomic E-state index is 0.212. The predicted molar refractivity (Wildman–Crippen MR) is 48.8 cm³/mol. The van der Waals surface area contributed by atoms with E-state index in [-0.39, 0.29) is 5.41 Å². The highest BCUT2D eigenvalue weighted by Gasteiger charge is 2.31. The van der Waals surface area contributed by atoms with E-state index in [4.69, 9.17) is 0 Å². The third kappa shape index (κ3) is 1.36. The lowest BCUT2D eigenvalue weighted by Crippen LogP contribution is -2.25. The number of allylic oxidation sites excluding steroid dienone is 4. The zero-order valence-electron chi connectivity index (χ0n) is 7.25. The summed E-state index contributed by atoms with van der Waals surface area (Å²) in [5.74, 6) is 0.299. The van der Waals surface area contributed by atoms with Crippen molar-refractivity contribution in [3.8, 4) is 0 Å². The summed E-state index contributed by atoms with van der Waals surface area (Å²) in [6.45, 7) is 0. The molecule has 0 saturated carbocycles. The maximum Gasteiger partial charge on any atom is 0.156 e. The van der Waals surface area contributed by atoms with Crippen molar-refractivity contribution in [2.45, 2.75) is 32.1 Å². The molecular weight excluding hydrogens is 148 g/mol. The van der Waals surface area contributed by atoms with Crippen molar-refractivity contribution in [2.24, 2.45) is 5.41 Å². The average molecular weight is 162 g/mol. The van der Waals surface area contributed by atoms with E-state index in [9.17, 15) is 4.79 Å². The Morgan fingerprint density at radius 1 is 1.33 bits per heavy atom. The molecule has 1 spiro atoms. The van der Waals surface area contributed by atoms with E-state index in [2.05, 4.69) is 12.2 Å². The Morgan fingerprint density at radius 2 is 2.25 bits per heavy atom. The second-order valence-electron chi connectivity index (χ2n) is 3.91. The number of hydrogen-bond acceptors (Lipinski definition) is 1. The molecule has 1 nitrogen and oxygen atoms in total. The second kappa shape index (κ2) is 2.89. The smallest absolute Gasteiger partial charge is 0.156 e. The van der Waals surface area contributed by atoms with Crippen LogP contribution in [0.3, 0.4) is 0 Å². The third-order valence-electron chi connectivity index (χ3n) is 2.87. The van der Waals surface area contributed by atoms with Gasteiger partial charge in [0.05, 0.1) is 0 Å². The minimum Gasteiger partial charge on any atom is -0.295 e. The Kier molecular flexibility index (Phi) is 1.87. The van der Waals surface area contributed by atoms with E-state index < -0.39 is 0 Å². The molecule has 2 aliphatic carbocycles. The molecule has 0 N–H and O–H groups in total. The predicted octanol–water partition coefficient (Wildman–Crippen LogP) is 2.63. The molecule has 0 aromatic carbocycles. The summed E-state index contributed by atoms with van der Waals surface area (Å²) in [6.07, 6.45) is 13.7. The largest absolute Gasteiger partial charge is 0.295 e. The summed E-state index contributed by atoms with van der Waals surface area (Å²) in [6, 6.07) is 0. The number of carbonyl (C=O) groups excluding carboxylic acids is 1. The lowest BCUT2D eigenvalue weighted by molar-refractivity contribution is -0.116. The minimum atomic E-state index is 0.212. The fourth-order valence-electron chi connectivity index (χ4n) is 2.21. The summed E-state index contributed by atoms with van der Waals surface area (Å²) in [5, 5.41) is 0. The van der Waals surface area contributed by atoms with Gasteiger partial charge in [-0.15, -0.1) is 0 Å². The topological polar surface area (TPSA) is 17.1 Å². The Labute approximate surface area is 73.2 Å². The lowest BCUT2D eigenvalue weighted by atomic mass is 9.71.